The van der Waals surface area contributed by atoms with Gasteiger partial charge in [0.2, 0.25) is 5.69 Å². The van der Waals surface area contributed by atoms with Crippen LogP contribution in [0.5, 0.6) is 0 Å². The van der Waals surface area contributed by atoms with Crippen molar-refractivity contribution in [2.75, 3.05) is 0 Å². The molecule has 148 valence electrons. The number of pyridine rings is 1. The minimum atomic E-state index is -4.39. The summed E-state index contributed by atoms with van der Waals surface area (Å²) in [5.41, 5.74) is 1.23. The van der Waals surface area contributed by atoms with Gasteiger partial charge in [-0.25, -0.2) is 4.57 Å². The lowest BCUT2D eigenvalue weighted by Crippen LogP contribution is -2.47. The van der Waals surface area contributed by atoms with Crippen LogP contribution in [0, 0.1) is 12.3 Å². The van der Waals surface area contributed by atoms with Gasteiger partial charge in [-0.15, -0.1) is 0 Å². The lowest BCUT2D eigenvalue weighted by Gasteiger charge is -2.25. The van der Waals surface area contributed by atoms with Gasteiger partial charge in [-0.3, -0.25) is 0 Å². The summed E-state index contributed by atoms with van der Waals surface area (Å²) in [7, 11) is -0.0111. The fourth-order valence-corrected chi connectivity index (χ4v) is 4.67. The van der Waals surface area contributed by atoms with Gasteiger partial charge in [0.05, 0.1) is 13.6 Å². The fraction of sp³-hybridized carbons (Fsp3) is 0.500. The molecular formula is C22H31F3NSi+. The third-order valence-electron chi connectivity index (χ3n) is 4.42. The average Bonchev–Trinajstić information content (AvgIpc) is 2.52. The highest BCUT2D eigenvalue weighted by Gasteiger charge is 2.32. The number of benzene rings is 1. The Balaban J connectivity index is 2.81. The second kappa shape index (κ2) is 7.08. The Morgan fingerprint density at radius 2 is 1.67 bits per heavy atom. The normalized spacial score (nSPS) is 14.8. The molecule has 5 heteroatoms. The first kappa shape index (κ1) is 18.7. The molecule has 2 rings (SSSR count). The van der Waals surface area contributed by atoms with Crippen molar-refractivity contribution >= 4 is 13.3 Å². The molecule has 0 spiro atoms. The Labute approximate surface area is 165 Å². The van der Waals surface area contributed by atoms with Crippen LogP contribution in [0.1, 0.15) is 40.2 Å². The zero-order valence-corrected chi connectivity index (χ0v) is 18.5. The molecule has 0 atom stereocenters. The molecule has 0 N–H and O–H groups in total. The monoisotopic (exact) mass is 396 g/mol. The van der Waals surface area contributed by atoms with Crippen molar-refractivity contribution in [2.24, 2.45) is 12.5 Å². The molecule has 0 aliphatic carbocycles. The average molecular weight is 397 g/mol. The van der Waals surface area contributed by atoms with Gasteiger partial charge in [-0.05, 0) is 48.0 Å². The summed E-state index contributed by atoms with van der Waals surface area (Å²) in [6.45, 7) is 13.8. The number of aryl methyl sites for hydroxylation is 2. The predicted octanol–water partition coefficient (Wildman–Crippen LogP) is 5.64. The number of rotatable bonds is 3. The van der Waals surface area contributed by atoms with E-state index in [1.54, 1.807) is 6.92 Å². The number of halogens is 3. The van der Waals surface area contributed by atoms with E-state index < -0.39 is 31.6 Å². The molecule has 1 aromatic carbocycles. The molecule has 1 aromatic heterocycles. The van der Waals surface area contributed by atoms with E-state index in [-0.39, 0.29) is 0 Å². The predicted molar refractivity (Wildman–Crippen MR) is 109 cm³/mol. The van der Waals surface area contributed by atoms with Gasteiger partial charge in [0, 0.05) is 19.6 Å². The summed E-state index contributed by atoms with van der Waals surface area (Å²) in [5.74, 6) is 0. The molecule has 0 fully saturated rings. The lowest BCUT2D eigenvalue weighted by molar-refractivity contribution is -0.659. The highest BCUT2D eigenvalue weighted by atomic mass is 28.3. The molecule has 1 heterocycles. The minimum Gasteiger partial charge on any atom is -0.201 e. The maximum Gasteiger partial charge on any atom is 0.416 e. The first-order chi connectivity index (χ1) is 12.9. The van der Waals surface area contributed by atoms with E-state index in [1.165, 1.54) is 6.07 Å². The molecule has 0 bridgehead atoms. The molecular weight excluding hydrogens is 363 g/mol. The van der Waals surface area contributed by atoms with Crippen LogP contribution in [0.3, 0.4) is 0 Å². The first-order valence-corrected chi connectivity index (χ1v) is 12.6. The maximum absolute atomic E-state index is 13.1. The van der Waals surface area contributed by atoms with Gasteiger partial charge in [0.25, 0.3) is 0 Å². The Morgan fingerprint density at radius 3 is 2.11 bits per heavy atom. The lowest BCUT2D eigenvalue weighted by atomic mass is 9.87. The second-order valence-electron chi connectivity index (χ2n) is 9.25. The number of aromatic nitrogens is 1. The van der Waals surface area contributed by atoms with Crippen molar-refractivity contribution < 1.29 is 20.5 Å². The van der Waals surface area contributed by atoms with E-state index in [0.717, 1.165) is 17.3 Å². The summed E-state index contributed by atoms with van der Waals surface area (Å²) in [4.78, 5) is 0. The zero-order valence-electron chi connectivity index (χ0n) is 19.5. The van der Waals surface area contributed by atoms with Crippen molar-refractivity contribution in [1.82, 2.24) is 0 Å². The van der Waals surface area contributed by atoms with Gasteiger partial charge < -0.3 is 0 Å². The Morgan fingerprint density at radius 1 is 1.07 bits per heavy atom. The van der Waals surface area contributed by atoms with E-state index in [2.05, 4.69) is 19.6 Å². The largest absolute Gasteiger partial charge is 0.416 e. The highest BCUT2D eigenvalue weighted by Crippen LogP contribution is 2.33. The zero-order chi connectivity index (χ0) is 22.6. The highest BCUT2D eigenvalue weighted by molar-refractivity contribution is 6.88. The van der Waals surface area contributed by atoms with E-state index in [1.807, 2.05) is 44.6 Å². The number of nitrogens with zero attached hydrogens (tertiary/aromatic N) is 1. The van der Waals surface area contributed by atoms with Crippen molar-refractivity contribution in [1.29, 1.82) is 0 Å². The number of alkyl halides is 3. The van der Waals surface area contributed by atoms with Gasteiger partial charge in [-0.1, -0.05) is 40.4 Å². The molecule has 0 unspecified atom stereocenters. The van der Waals surface area contributed by atoms with E-state index >= 15 is 0 Å². The summed E-state index contributed by atoms with van der Waals surface area (Å²) >= 11 is 0. The smallest absolute Gasteiger partial charge is 0.201 e. The van der Waals surface area contributed by atoms with Crippen molar-refractivity contribution in [2.45, 2.75) is 59.9 Å². The Hall–Kier alpha value is -1.62. The molecule has 0 aliphatic heterocycles. The summed E-state index contributed by atoms with van der Waals surface area (Å²) < 4.78 is 58.8. The van der Waals surface area contributed by atoms with Crippen LogP contribution in [0.4, 0.5) is 13.2 Å². The van der Waals surface area contributed by atoms with Gasteiger partial charge in [-0.2, -0.15) is 13.2 Å². The standard InChI is InChI=1S/C22H31F3NSi/c1-15-11-17(22(23,24)25)9-10-18(15)19-12-16(13-21(2,3)4)20(14-26(19)5)27(6,7)8/h9-12,14H,13H2,1-8H3/q+1/i13D2. The van der Waals surface area contributed by atoms with Crippen LogP contribution >= 0.6 is 0 Å². The maximum atomic E-state index is 13.1. The van der Waals surface area contributed by atoms with Gasteiger partial charge in [0.1, 0.15) is 7.05 Å². The summed E-state index contributed by atoms with van der Waals surface area (Å²) in [5, 5.41) is 1.02. The van der Waals surface area contributed by atoms with Crippen LogP contribution in [0.25, 0.3) is 11.3 Å². The first-order valence-electron chi connectivity index (χ1n) is 10.1. The fourth-order valence-electron chi connectivity index (χ4n) is 3.15. The van der Waals surface area contributed by atoms with Crippen molar-refractivity contribution in [3.05, 3.63) is 47.2 Å². The molecule has 2 aromatic rings. The molecule has 0 amide bonds. The topological polar surface area (TPSA) is 3.88 Å². The number of hydrogen-bond acceptors (Lipinski definition) is 0. The van der Waals surface area contributed by atoms with Crippen LogP contribution in [-0.4, -0.2) is 8.07 Å². The van der Waals surface area contributed by atoms with Crippen LogP contribution < -0.4 is 9.75 Å². The van der Waals surface area contributed by atoms with Crippen molar-refractivity contribution in [3.8, 4) is 11.3 Å². The molecule has 27 heavy (non-hydrogen) atoms. The molecule has 1 nitrogen and oxygen atoms in total. The van der Waals surface area contributed by atoms with E-state index in [9.17, 15) is 13.2 Å². The summed E-state index contributed by atoms with van der Waals surface area (Å²) in [6.07, 6.45) is -4.01. The number of hydrogen-bond donors (Lipinski definition) is 0. The van der Waals surface area contributed by atoms with E-state index in [4.69, 9.17) is 2.74 Å². The van der Waals surface area contributed by atoms with Gasteiger partial charge in [0.15, 0.2) is 6.20 Å². The minimum absolute atomic E-state index is 0.512. The van der Waals surface area contributed by atoms with Crippen LogP contribution in [0.2, 0.25) is 19.6 Å². The SMILES string of the molecule is [2H]C([2H])(c1cc(-c2ccc(C(F)(F)F)cc2C)[n+](C)cc1[Si](C)(C)C)C(C)(C)C. The molecule has 0 aliphatic rings. The second-order valence-corrected chi connectivity index (χ2v) is 14.3. The molecule has 0 saturated heterocycles. The van der Waals surface area contributed by atoms with Gasteiger partial charge >= 0.3 is 6.18 Å². The summed E-state index contributed by atoms with van der Waals surface area (Å²) in [6, 6.07) is 5.57. The Bertz CT molecular complexity index is 923. The molecule has 0 saturated carbocycles. The third kappa shape index (κ3) is 5.22. The third-order valence-corrected chi connectivity index (χ3v) is 6.44. The molecule has 0 radical (unpaired) electrons. The van der Waals surface area contributed by atoms with Crippen molar-refractivity contribution in [3.63, 3.8) is 0 Å². The Kier molecular flexibility index (Phi) is 4.91. The van der Waals surface area contributed by atoms with E-state index in [0.29, 0.717) is 22.4 Å². The van der Waals surface area contributed by atoms with Crippen LogP contribution in [-0.2, 0) is 19.6 Å². The van der Waals surface area contributed by atoms with Crippen LogP contribution in [0.15, 0.2) is 30.5 Å². The quantitative estimate of drug-likeness (QED) is 0.467.